The van der Waals surface area contributed by atoms with Gasteiger partial charge >= 0.3 is 0 Å². The molecule has 1 aromatic heterocycles. The van der Waals surface area contributed by atoms with Gasteiger partial charge in [-0.25, -0.2) is 15.8 Å². The number of nitrogens with one attached hydrogen (secondary N) is 1. The molecule has 3 N–H and O–H groups in total. The Balaban J connectivity index is 1.86. The molecule has 1 aromatic rings. The number of aromatic nitrogens is 2. The Morgan fingerprint density at radius 2 is 1.83 bits per heavy atom. The summed E-state index contributed by atoms with van der Waals surface area (Å²) in [7, 11) is 0. The van der Waals surface area contributed by atoms with E-state index in [0.29, 0.717) is 5.92 Å². The second-order valence-electron chi connectivity index (χ2n) is 5.29. The van der Waals surface area contributed by atoms with E-state index in [1.807, 2.05) is 6.07 Å². The topological polar surface area (TPSA) is 67.1 Å². The average Bonchev–Trinajstić information content (AvgIpc) is 3.24. The van der Waals surface area contributed by atoms with Crippen LogP contribution in [0.3, 0.4) is 0 Å². The van der Waals surface area contributed by atoms with Crippen LogP contribution in [0.4, 0.5) is 11.6 Å². The maximum Gasteiger partial charge on any atom is 0.145 e. The first kappa shape index (κ1) is 11.7. The van der Waals surface area contributed by atoms with Crippen molar-refractivity contribution in [3.63, 3.8) is 0 Å². The lowest BCUT2D eigenvalue weighted by atomic mass is 10.2. The highest BCUT2D eigenvalue weighted by Crippen LogP contribution is 2.39. The monoisotopic (exact) mass is 247 g/mol. The third-order valence-corrected chi connectivity index (χ3v) is 3.75. The highest BCUT2D eigenvalue weighted by atomic mass is 15.3. The molecule has 3 rings (SSSR count). The molecule has 1 aliphatic heterocycles. The van der Waals surface area contributed by atoms with E-state index >= 15 is 0 Å². The first-order valence-electron chi connectivity index (χ1n) is 6.97. The van der Waals surface area contributed by atoms with Crippen molar-refractivity contribution in [1.82, 2.24) is 9.97 Å². The third kappa shape index (κ3) is 2.56. The zero-order chi connectivity index (χ0) is 12.4. The van der Waals surface area contributed by atoms with Crippen LogP contribution in [0, 0.1) is 0 Å². The smallest absolute Gasteiger partial charge is 0.145 e. The summed E-state index contributed by atoms with van der Waals surface area (Å²) < 4.78 is 0. The Labute approximate surface area is 108 Å². The van der Waals surface area contributed by atoms with Gasteiger partial charge in [-0.3, -0.25) is 0 Å². The van der Waals surface area contributed by atoms with E-state index in [1.165, 1.54) is 38.5 Å². The molecule has 5 nitrogen and oxygen atoms in total. The van der Waals surface area contributed by atoms with Gasteiger partial charge in [-0.1, -0.05) is 12.8 Å². The van der Waals surface area contributed by atoms with Gasteiger partial charge in [0.1, 0.15) is 17.5 Å². The van der Waals surface area contributed by atoms with Gasteiger partial charge in [0.2, 0.25) is 0 Å². The summed E-state index contributed by atoms with van der Waals surface area (Å²) in [6, 6.07) is 1.97. The predicted molar refractivity (Wildman–Crippen MR) is 72.5 cm³/mol. The maximum atomic E-state index is 5.51. The summed E-state index contributed by atoms with van der Waals surface area (Å²) in [6.45, 7) is 2.20. The molecule has 1 saturated carbocycles. The minimum Gasteiger partial charge on any atom is -0.356 e. The van der Waals surface area contributed by atoms with Crippen molar-refractivity contribution in [2.45, 2.75) is 44.4 Å². The normalized spacial score (nSPS) is 20.6. The molecule has 0 unspecified atom stereocenters. The lowest BCUT2D eigenvalue weighted by molar-refractivity contribution is 0.726. The SMILES string of the molecule is NNc1cc(N2CCCCCC2)nc(C2CC2)n1. The fraction of sp³-hybridized carbons (Fsp3) is 0.692. The maximum absolute atomic E-state index is 5.51. The number of nitrogens with two attached hydrogens (primary N) is 1. The van der Waals surface area contributed by atoms with Gasteiger partial charge in [0, 0.05) is 25.1 Å². The second-order valence-corrected chi connectivity index (χ2v) is 5.29. The highest BCUT2D eigenvalue weighted by molar-refractivity contribution is 5.49. The summed E-state index contributed by atoms with van der Waals surface area (Å²) >= 11 is 0. The molecule has 1 aliphatic carbocycles. The van der Waals surface area contributed by atoms with Crippen molar-refractivity contribution in [3.05, 3.63) is 11.9 Å². The molecule has 5 heteroatoms. The van der Waals surface area contributed by atoms with E-state index in [2.05, 4.69) is 15.3 Å². The molecule has 0 amide bonds. The Morgan fingerprint density at radius 1 is 1.11 bits per heavy atom. The molecular weight excluding hydrogens is 226 g/mol. The zero-order valence-electron chi connectivity index (χ0n) is 10.7. The van der Waals surface area contributed by atoms with Crippen molar-refractivity contribution < 1.29 is 0 Å². The number of hydrazine groups is 1. The quantitative estimate of drug-likeness (QED) is 0.632. The Bertz CT molecular complexity index is 408. The Hall–Kier alpha value is -1.36. The molecule has 0 aromatic carbocycles. The minimum absolute atomic E-state index is 0.559. The molecule has 0 atom stereocenters. The molecule has 18 heavy (non-hydrogen) atoms. The molecule has 0 spiro atoms. The van der Waals surface area contributed by atoms with Crippen molar-refractivity contribution in [1.29, 1.82) is 0 Å². The van der Waals surface area contributed by atoms with E-state index in [4.69, 9.17) is 10.8 Å². The largest absolute Gasteiger partial charge is 0.356 e. The van der Waals surface area contributed by atoms with Gasteiger partial charge in [-0.15, -0.1) is 0 Å². The summed E-state index contributed by atoms with van der Waals surface area (Å²) in [4.78, 5) is 11.6. The van der Waals surface area contributed by atoms with Gasteiger partial charge in [0.25, 0.3) is 0 Å². The van der Waals surface area contributed by atoms with Gasteiger partial charge in [0.15, 0.2) is 0 Å². The van der Waals surface area contributed by atoms with Gasteiger partial charge in [-0.05, 0) is 25.7 Å². The Kier molecular flexibility index (Phi) is 3.32. The lowest BCUT2D eigenvalue weighted by Gasteiger charge is -2.22. The van der Waals surface area contributed by atoms with Crippen molar-refractivity contribution in [3.8, 4) is 0 Å². The van der Waals surface area contributed by atoms with Crippen LogP contribution >= 0.6 is 0 Å². The molecule has 98 valence electrons. The summed E-state index contributed by atoms with van der Waals surface area (Å²) in [5.74, 6) is 8.82. The Morgan fingerprint density at radius 3 is 2.44 bits per heavy atom. The molecule has 0 radical (unpaired) electrons. The number of nitrogen functional groups attached to an aromatic ring is 1. The molecule has 2 heterocycles. The van der Waals surface area contributed by atoms with Crippen LogP contribution in [-0.4, -0.2) is 23.1 Å². The van der Waals surface area contributed by atoms with E-state index < -0.39 is 0 Å². The average molecular weight is 247 g/mol. The number of hydrogen-bond donors (Lipinski definition) is 2. The fourth-order valence-electron chi connectivity index (χ4n) is 2.51. The molecular formula is C13H21N5. The van der Waals surface area contributed by atoms with Crippen LogP contribution in [-0.2, 0) is 0 Å². The molecule has 0 bridgehead atoms. The van der Waals surface area contributed by atoms with E-state index in [0.717, 1.165) is 30.5 Å². The lowest BCUT2D eigenvalue weighted by Crippen LogP contribution is -2.26. The molecule has 2 aliphatic rings. The second kappa shape index (κ2) is 5.10. The van der Waals surface area contributed by atoms with Crippen molar-refractivity contribution in [2.75, 3.05) is 23.4 Å². The standard InChI is InChI=1S/C13H21N5/c14-17-11-9-12(16-13(15-11)10-5-6-10)18-7-3-1-2-4-8-18/h9-10H,1-8,14H2,(H,15,16,17). The third-order valence-electron chi connectivity index (χ3n) is 3.75. The van der Waals surface area contributed by atoms with Crippen LogP contribution in [0.15, 0.2) is 6.07 Å². The van der Waals surface area contributed by atoms with Crippen LogP contribution in [0.25, 0.3) is 0 Å². The summed E-state index contributed by atoms with van der Waals surface area (Å²) in [6.07, 6.45) is 7.61. The van der Waals surface area contributed by atoms with Crippen LogP contribution in [0.1, 0.15) is 50.3 Å². The summed E-state index contributed by atoms with van der Waals surface area (Å²) in [5.41, 5.74) is 2.67. The highest BCUT2D eigenvalue weighted by Gasteiger charge is 2.28. The number of rotatable bonds is 3. The number of anilines is 2. The molecule has 1 saturated heterocycles. The van der Waals surface area contributed by atoms with Crippen LogP contribution < -0.4 is 16.2 Å². The van der Waals surface area contributed by atoms with E-state index in [1.54, 1.807) is 0 Å². The first-order chi connectivity index (χ1) is 8.86. The fourth-order valence-corrected chi connectivity index (χ4v) is 2.51. The minimum atomic E-state index is 0.559. The van der Waals surface area contributed by atoms with Gasteiger partial charge < -0.3 is 10.3 Å². The van der Waals surface area contributed by atoms with Gasteiger partial charge in [-0.2, -0.15) is 0 Å². The number of nitrogens with zero attached hydrogens (tertiary/aromatic N) is 3. The predicted octanol–water partition coefficient (Wildman–Crippen LogP) is 2.02. The summed E-state index contributed by atoms with van der Waals surface area (Å²) in [5, 5.41) is 0. The zero-order valence-corrected chi connectivity index (χ0v) is 10.7. The van der Waals surface area contributed by atoms with Crippen molar-refractivity contribution >= 4 is 11.6 Å². The van der Waals surface area contributed by atoms with Crippen LogP contribution in [0.5, 0.6) is 0 Å². The van der Waals surface area contributed by atoms with Crippen LogP contribution in [0.2, 0.25) is 0 Å². The van der Waals surface area contributed by atoms with E-state index in [-0.39, 0.29) is 0 Å². The number of hydrogen-bond acceptors (Lipinski definition) is 5. The van der Waals surface area contributed by atoms with Crippen molar-refractivity contribution in [2.24, 2.45) is 5.84 Å². The van der Waals surface area contributed by atoms with E-state index in [9.17, 15) is 0 Å². The first-order valence-corrected chi connectivity index (χ1v) is 6.97. The van der Waals surface area contributed by atoms with Gasteiger partial charge in [0.05, 0.1) is 0 Å². The molecule has 2 fully saturated rings.